The number of aromatic nitrogens is 1. The molecule has 0 aliphatic carbocycles. The van der Waals surface area contributed by atoms with Crippen LogP contribution in [0.15, 0.2) is 12.1 Å². The Kier molecular flexibility index (Phi) is 3.99. The SMILES string of the molecule is CN1CCCC2CN(c3cc([N+](=O)[O-])cc(Cl)n3)CCC21. The third-order valence-corrected chi connectivity index (χ3v) is 4.84. The van der Waals surface area contributed by atoms with E-state index in [1.165, 1.54) is 31.5 Å². The molecule has 114 valence electrons. The molecule has 1 aromatic rings. The lowest BCUT2D eigenvalue weighted by molar-refractivity contribution is -0.384. The summed E-state index contributed by atoms with van der Waals surface area (Å²) in [6.07, 6.45) is 3.51. The van der Waals surface area contributed by atoms with Crippen molar-refractivity contribution >= 4 is 23.1 Å². The number of hydrogen-bond donors (Lipinski definition) is 0. The van der Waals surface area contributed by atoms with Crippen molar-refractivity contribution in [2.75, 3.05) is 31.6 Å². The lowest BCUT2D eigenvalue weighted by Crippen LogP contribution is -2.52. The van der Waals surface area contributed by atoms with Gasteiger partial charge in [-0.2, -0.15) is 0 Å². The van der Waals surface area contributed by atoms with Gasteiger partial charge in [0.1, 0.15) is 11.0 Å². The van der Waals surface area contributed by atoms with Crippen molar-refractivity contribution in [2.45, 2.75) is 25.3 Å². The predicted molar refractivity (Wildman–Crippen MR) is 81.9 cm³/mol. The van der Waals surface area contributed by atoms with Crippen LogP contribution in [0.25, 0.3) is 0 Å². The van der Waals surface area contributed by atoms with E-state index < -0.39 is 4.92 Å². The Bertz CT molecular complexity index is 554. The molecule has 1 aromatic heterocycles. The van der Waals surface area contributed by atoms with Crippen molar-refractivity contribution in [1.29, 1.82) is 0 Å². The maximum absolute atomic E-state index is 11.0. The van der Waals surface area contributed by atoms with Crippen LogP contribution in [0.4, 0.5) is 11.5 Å². The molecule has 6 nitrogen and oxygen atoms in total. The molecule has 3 rings (SSSR count). The molecular weight excluding hydrogens is 292 g/mol. The molecule has 2 saturated heterocycles. The van der Waals surface area contributed by atoms with Gasteiger partial charge in [-0.1, -0.05) is 11.6 Å². The largest absolute Gasteiger partial charge is 0.356 e. The predicted octanol–water partition coefficient (Wildman–Crippen LogP) is 2.56. The zero-order chi connectivity index (χ0) is 15.0. The lowest BCUT2D eigenvalue weighted by atomic mass is 9.84. The van der Waals surface area contributed by atoms with Crippen LogP contribution in [0, 0.1) is 16.0 Å². The maximum Gasteiger partial charge on any atom is 0.276 e. The minimum atomic E-state index is -0.418. The Hall–Kier alpha value is -1.40. The van der Waals surface area contributed by atoms with Crippen LogP contribution in [-0.4, -0.2) is 47.5 Å². The van der Waals surface area contributed by atoms with Crippen LogP contribution in [0.5, 0.6) is 0 Å². The van der Waals surface area contributed by atoms with E-state index in [4.69, 9.17) is 11.6 Å². The Morgan fingerprint density at radius 3 is 2.95 bits per heavy atom. The fourth-order valence-electron chi connectivity index (χ4n) is 3.60. The van der Waals surface area contributed by atoms with Gasteiger partial charge in [0.05, 0.1) is 17.1 Å². The molecule has 0 aromatic carbocycles. The van der Waals surface area contributed by atoms with Gasteiger partial charge in [-0.3, -0.25) is 10.1 Å². The van der Waals surface area contributed by atoms with Gasteiger partial charge in [-0.05, 0) is 38.8 Å². The summed E-state index contributed by atoms with van der Waals surface area (Å²) in [7, 11) is 2.19. The number of piperidine rings is 2. The molecule has 0 N–H and O–H groups in total. The quantitative estimate of drug-likeness (QED) is 0.477. The van der Waals surface area contributed by atoms with Crippen molar-refractivity contribution in [1.82, 2.24) is 9.88 Å². The molecule has 0 saturated carbocycles. The molecule has 7 heteroatoms. The zero-order valence-electron chi connectivity index (χ0n) is 12.0. The lowest BCUT2D eigenvalue weighted by Gasteiger charge is -2.46. The summed E-state index contributed by atoms with van der Waals surface area (Å²) in [6, 6.07) is 3.45. The number of rotatable bonds is 2. The average Bonchev–Trinajstić information content (AvgIpc) is 2.46. The van der Waals surface area contributed by atoms with E-state index in [9.17, 15) is 10.1 Å². The van der Waals surface area contributed by atoms with Gasteiger partial charge < -0.3 is 9.80 Å². The highest BCUT2D eigenvalue weighted by Gasteiger charge is 2.34. The highest BCUT2D eigenvalue weighted by molar-refractivity contribution is 6.29. The van der Waals surface area contributed by atoms with E-state index in [0.29, 0.717) is 17.8 Å². The van der Waals surface area contributed by atoms with Crippen LogP contribution in [0.2, 0.25) is 5.15 Å². The summed E-state index contributed by atoms with van der Waals surface area (Å²) in [5.74, 6) is 1.23. The summed E-state index contributed by atoms with van der Waals surface area (Å²) in [4.78, 5) is 19.4. The molecule has 0 bridgehead atoms. The molecule has 2 aliphatic rings. The number of anilines is 1. The molecule has 0 amide bonds. The zero-order valence-corrected chi connectivity index (χ0v) is 12.8. The third kappa shape index (κ3) is 2.96. The van der Waals surface area contributed by atoms with Crippen molar-refractivity contribution < 1.29 is 4.92 Å². The number of halogens is 1. The molecule has 0 radical (unpaired) electrons. The van der Waals surface area contributed by atoms with Gasteiger partial charge in [-0.15, -0.1) is 0 Å². The Balaban J connectivity index is 1.80. The van der Waals surface area contributed by atoms with Crippen molar-refractivity contribution in [3.8, 4) is 0 Å². The first-order valence-corrected chi connectivity index (χ1v) is 7.69. The van der Waals surface area contributed by atoms with Crippen LogP contribution in [0.1, 0.15) is 19.3 Å². The average molecular weight is 311 g/mol. The standard InChI is InChI=1S/C14H19ClN4O2/c1-17-5-2-3-10-9-18(6-4-12(10)17)14-8-11(19(20)21)7-13(15)16-14/h7-8,10,12H,2-6,9H2,1H3. The molecule has 0 spiro atoms. The molecule has 2 atom stereocenters. The molecule has 21 heavy (non-hydrogen) atoms. The summed E-state index contributed by atoms with van der Waals surface area (Å²) in [5, 5.41) is 11.1. The van der Waals surface area contributed by atoms with Crippen LogP contribution >= 0.6 is 11.6 Å². The number of nitrogens with zero attached hydrogens (tertiary/aromatic N) is 4. The molecule has 2 fully saturated rings. The van der Waals surface area contributed by atoms with Crippen LogP contribution < -0.4 is 4.90 Å². The molecule has 2 aliphatic heterocycles. The Morgan fingerprint density at radius 2 is 2.19 bits per heavy atom. The molecular formula is C14H19ClN4O2. The van der Waals surface area contributed by atoms with E-state index in [0.717, 1.165) is 19.5 Å². The minimum absolute atomic E-state index is 0.00730. The van der Waals surface area contributed by atoms with E-state index in [1.54, 1.807) is 0 Å². The first-order chi connectivity index (χ1) is 10.0. The van der Waals surface area contributed by atoms with Gasteiger partial charge in [0.2, 0.25) is 0 Å². The maximum atomic E-state index is 11.0. The summed E-state index contributed by atoms with van der Waals surface area (Å²) < 4.78 is 0. The van der Waals surface area contributed by atoms with E-state index >= 15 is 0 Å². The second-order valence-electron chi connectivity index (χ2n) is 5.95. The number of nitro groups is 1. The van der Waals surface area contributed by atoms with Crippen molar-refractivity contribution in [3.05, 3.63) is 27.4 Å². The van der Waals surface area contributed by atoms with Crippen LogP contribution in [-0.2, 0) is 0 Å². The second kappa shape index (κ2) is 5.77. The number of hydrogen-bond acceptors (Lipinski definition) is 5. The molecule has 3 heterocycles. The normalized spacial score (nSPS) is 26.5. The first-order valence-electron chi connectivity index (χ1n) is 7.32. The van der Waals surface area contributed by atoms with Gasteiger partial charge in [0.15, 0.2) is 0 Å². The summed E-state index contributed by atoms with van der Waals surface area (Å²) in [6.45, 7) is 2.94. The smallest absolute Gasteiger partial charge is 0.276 e. The number of likely N-dealkylation sites (tertiary alicyclic amines) is 1. The first kappa shape index (κ1) is 14.5. The second-order valence-corrected chi connectivity index (χ2v) is 6.34. The van der Waals surface area contributed by atoms with E-state index in [2.05, 4.69) is 21.8 Å². The third-order valence-electron chi connectivity index (χ3n) is 4.65. The van der Waals surface area contributed by atoms with Gasteiger partial charge in [0.25, 0.3) is 5.69 Å². The molecule has 2 unspecified atom stereocenters. The Labute approximate surface area is 128 Å². The minimum Gasteiger partial charge on any atom is -0.356 e. The van der Waals surface area contributed by atoms with E-state index in [1.807, 2.05) is 0 Å². The Morgan fingerprint density at radius 1 is 1.38 bits per heavy atom. The monoisotopic (exact) mass is 310 g/mol. The van der Waals surface area contributed by atoms with Gasteiger partial charge in [0, 0.05) is 19.1 Å². The topological polar surface area (TPSA) is 62.5 Å². The van der Waals surface area contributed by atoms with Crippen molar-refractivity contribution in [3.63, 3.8) is 0 Å². The summed E-state index contributed by atoms with van der Waals surface area (Å²) in [5.41, 5.74) is 0.00730. The highest BCUT2D eigenvalue weighted by atomic mass is 35.5. The van der Waals surface area contributed by atoms with Gasteiger partial charge >= 0.3 is 0 Å². The number of fused-ring (bicyclic) bond motifs is 1. The summed E-state index contributed by atoms with van der Waals surface area (Å²) >= 11 is 5.92. The van der Waals surface area contributed by atoms with E-state index in [-0.39, 0.29) is 10.8 Å². The van der Waals surface area contributed by atoms with Gasteiger partial charge in [-0.25, -0.2) is 4.98 Å². The number of pyridine rings is 1. The fraction of sp³-hybridized carbons (Fsp3) is 0.643. The highest BCUT2D eigenvalue weighted by Crippen LogP contribution is 2.32. The fourth-order valence-corrected chi connectivity index (χ4v) is 3.80. The van der Waals surface area contributed by atoms with Crippen LogP contribution in [0.3, 0.4) is 0 Å². The van der Waals surface area contributed by atoms with Crippen molar-refractivity contribution in [2.24, 2.45) is 5.92 Å².